The van der Waals surface area contributed by atoms with Crippen LogP contribution in [-0.4, -0.2) is 51.4 Å². The third kappa shape index (κ3) is 3.70. The molecule has 1 fully saturated rings. The van der Waals surface area contributed by atoms with Crippen molar-refractivity contribution >= 4 is 10.9 Å². The highest BCUT2D eigenvalue weighted by atomic mass is 16.5. The van der Waals surface area contributed by atoms with Crippen LogP contribution < -0.4 is 5.56 Å². The van der Waals surface area contributed by atoms with Crippen molar-refractivity contribution in [2.24, 2.45) is 0 Å². The van der Waals surface area contributed by atoms with Gasteiger partial charge in [-0.3, -0.25) is 14.7 Å². The molecule has 1 saturated heterocycles. The smallest absolute Gasteiger partial charge is 0.273 e. The highest BCUT2D eigenvalue weighted by molar-refractivity contribution is 5.86. The van der Waals surface area contributed by atoms with Crippen molar-refractivity contribution in [2.45, 2.75) is 6.54 Å². The summed E-state index contributed by atoms with van der Waals surface area (Å²) >= 11 is 0. The van der Waals surface area contributed by atoms with Crippen molar-refractivity contribution in [3.05, 3.63) is 70.8 Å². The molecule has 0 spiro atoms. The van der Waals surface area contributed by atoms with E-state index in [2.05, 4.69) is 43.3 Å². The molecule has 4 heterocycles. The Morgan fingerprint density at radius 2 is 1.86 bits per heavy atom. The molecule has 1 aromatic carbocycles. The van der Waals surface area contributed by atoms with E-state index in [4.69, 9.17) is 4.74 Å². The van der Waals surface area contributed by atoms with Crippen molar-refractivity contribution in [2.75, 3.05) is 26.3 Å². The van der Waals surface area contributed by atoms with Crippen LogP contribution in [0.2, 0.25) is 0 Å². The van der Waals surface area contributed by atoms with E-state index in [0.29, 0.717) is 11.3 Å². The van der Waals surface area contributed by atoms with Gasteiger partial charge in [0.2, 0.25) is 0 Å². The molecule has 146 valence electrons. The molecule has 1 aliphatic heterocycles. The minimum absolute atomic E-state index is 0.220. The lowest BCUT2D eigenvalue weighted by Crippen LogP contribution is -2.35. The second-order valence-corrected chi connectivity index (χ2v) is 7.23. The number of nitrogens with zero attached hydrogens (tertiary/aromatic N) is 3. The van der Waals surface area contributed by atoms with E-state index in [1.165, 1.54) is 5.56 Å². The van der Waals surface area contributed by atoms with Crippen LogP contribution in [0.5, 0.6) is 0 Å². The lowest BCUT2D eigenvalue weighted by molar-refractivity contribution is 0.0342. The fourth-order valence-electron chi connectivity index (χ4n) is 3.71. The Labute approximate surface area is 167 Å². The average molecular weight is 387 g/mol. The zero-order valence-electron chi connectivity index (χ0n) is 15.9. The van der Waals surface area contributed by atoms with Gasteiger partial charge < -0.3 is 9.72 Å². The first-order valence-electron chi connectivity index (χ1n) is 9.68. The second-order valence-electron chi connectivity index (χ2n) is 7.23. The van der Waals surface area contributed by atoms with Gasteiger partial charge in [-0.2, -0.15) is 5.10 Å². The molecule has 2 N–H and O–H groups in total. The van der Waals surface area contributed by atoms with Gasteiger partial charge in [-0.15, -0.1) is 0 Å². The predicted octanol–water partition coefficient (Wildman–Crippen LogP) is 2.81. The highest BCUT2D eigenvalue weighted by Gasteiger charge is 2.13. The lowest BCUT2D eigenvalue weighted by Gasteiger charge is -2.26. The van der Waals surface area contributed by atoms with Gasteiger partial charge in [0.05, 0.1) is 30.2 Å². The molecule has 0 aliphatic carbocycles. The van der Waals surface area contributed by atoms with E-state index in [1.54, 1.807) is 12.4 Å². The molecule has 0 saturated carbocycles. The van der Waals surface area contributed by atoms with Gasteiger partial charge in [0, 0.05) is 48.5 Å². The van der Waals surface area contributed by atoms with Crippen LogP contribution in [0.25, 0.3) is 33.4 Å². The molecule has 0 radical (unpaired) electrons. The van der Waals surface area contributed by atoms with Crippen molar-refractivity contribution in [3.63, 3.8) is 0 Å². The Hall–Kier alpha value is -3.29. The van der Waals surface area contributed by atoms with Crippen LogP contribution in [0.4, 0.5) is 0 Å². The fraction of sp³-hybridized carbons (Fsp3) is 0.227. The monoisotopic (exact) mass is 387 g/mol. The first-order valence-corrected chi connectivity index (χ1v) is 9.68. The number of hydrogen-bond donors (Lipinski definition) is 2. The third-order valence-electron chi connectivity index (χ3n) is 5.27. The Balaban J connectivity index is 1.48. The molecular weight excluding hydrogens is 366 g/mol. The zero-order valence-corrected chi connectivity index (χ0v) is 15.9. The molecule has 7 nitrogen and oxygen atoms in total. The van der Waals surface area contributed by atoms with Crippen molar-refractivity contribution < 1.29 is 4.74 Å². The summed E-state index contributed by atoms with van der Waals surface area (Å²) in [4.78, 5) is 22.3. The van der Waals surface area contributed by atoms with Crippen LogP contribution >= 0.6 is 0 Å². The summed E-state index contributed by atoms with van der Waals surface area (Å²) in [6.07, 6.45) is 3.42. The molecule has 29 heavy (non-hydrogen) atoms. The van der Waals surface area contributed by atoms with Gasteiger partial charge in [0.15, 0.2) is 0 Å². The molecule has 0 bridgehead atoms. The number of fused-ring (bicyclic) bond motifs is 1. The van der Waals surface area contributed by atoms with Crippen molar-refractivity contribution in [3.8, 4) is 22.5 Å². The molecule has 0 atom stereocenters. The minimum Gasteiger partial charge on any atom is -0.379 e. The van der Waals surface area contributed by atoms with E-state index in [1.807, 2.05) is 24.3 Å². The number of ether oxygens (including phenoxy) is 1. The molecule has 7 heteroatoms. The standard InChI is InChI=1S/C22H21N5O2/c28-22-18(13-20(25-26-22)16-3-5-23-6-4-16)21-12-17-2-1-15(11-19(17)24-21)14-27-7-9-29-10-8-27/h1-6,11-13,24H,7-10,14H2,(H,26,28). The maximum absolute atomic E-state index is 12.4. The number of benzene rings is 1. The maximum atomic E-state index is 12.4. The summed E-state index contributed by atoms with van der Waals surface area (Å²) in [7, 11) is 0. The normalized spacial score (nSPS) is 15.0. The van der Waals surface area contributed by atoms with Gasteiger partial charge >= 0.3 is 0 Å². The van der Waals surface area contributed by atoms with Gasteiger partial charge in [0.25, 0.3) is 5.56 Å². The molecule has 0 unspecified atom stereocenters. The van der Waals surface area contributed by atoms with E-state index in [9.17, 15) is 4.79 Å². The van der Waals surface area contributed by atoms with E-state index in [0.717, 1.165) is 55.0 Å². The molecule has 4 aromatic rings. The Bertz CT molecular complexity index is 1190. The average Bonchev–Trinajstić information content (AvgIpc) is 3.18. The Morgan fingerprint density at radius 3 is 2.69 bits per heavy atom. The minimum atomic E-state index is -0.220. The summed E-state index contributed by atoms with van der Waals surface area (Å²) in [6.45, 7) is 4.39. The van der Waals surface area contributed by atoms with Crippen LogP contribution in [0.1, 0.15) is 5.56 Å². The number of pyridine rings is 1. The van der Waals surface area contributed by atoms with Crippen LogP contribution in [0, 0.1) is 0 Å². The van der Waals surface area contributed by atoms with Gasteiger partial charge in [-0.1, -0.05) is 12.1 Å². The van der Waals surface area contributed by atoms with E-state index in [-0.39, 0.29) is 5.56 Å². The topological polar surface area (TPSA) is 86.9 Å². The molecular formula is C22H21N5O2. The summed E-state index contributed by atoms with van der Waals surface area (Å²) in [6, 6.07) is 14.0. The van der Waals surface area contributed by atoms with Crippen LogP contribution in [0.3, 0.4) is 0 Å². The van der Waals surface area contributed by atoms with Crippen LogP contribution in [-0.2, 0) is 11.3 Å². The first kappa shape index (κ1) is 17.8. The van der Waals surface area contributed by atoms with Crippen molar-refractivity contribution in [1.82, 2.24) is 25.1 Å². The summed E-state index contributed by atoms with van der Waals surface area (Å²) in [5, 5.41) is 7.86. The van der Waals surface area contributed by atoms with E-state index < -0.39 is 0 Å². The number of nitrogens with one attached hydrogen (secondary N) is 2. The number of hydrogen-bond acceptors (Lipinski definition) is 5. The Kier molecular flexibility index (Phi) is 4.67. The van der Waals surface area contributed by atoms with Gasteiger partial charge in [-0.25, -0.2) is 5.10 Å². The third-order valence-corrected chi connectivity index (χ3v) is 5.27. The first-order chi connectivity index (χ1) is 14.3. The van der Waals surface area contributed by atoms with Gasteiger partial charge in [0.1, 0.15) is 0 Å². The number of morpholine rings is 1. The molecule has 1 aliphatic rings. The molecule has 3 aromatic heterocycles. The van der Waals surface area contributed by atoms with Gasteiger partial charge in [-0.05, 0) is 35.9 Å². The van der Waals surface area contributed by atoms with Crippen LogP contribution in [0.15, 0.2) is 59.7 Å². The summed E-state index contributed by atoms with van der Waals surface area (Å²) in [5.74, 6) is 0. The largest absolute Gasteiger partial charge is 0.379 e. The predicted molar refractivity (Wildman–Crippen MR) is 111 cm³/mol. The number of aromatic nitrogens is 4. The van der Waals surface area contributed by atoms with Crippen molar-refractivity contribution in [1.29, 1.82) is 0 Å². The zero-order chi connectivity index (χ0) is 19.6. The summed E-state index contributed by atoms with van der Waals surface area (Å²) < 4.78 is 5.42. The SMILES string of the molecule is O=c1[nH]nc(-c2ccncc2)cc1-c1cc2ccc(CN3CCOCC3)cc2[nH]1. The quantitative estimate of drug-likeness (QED) is 0.562. The lowest BCUT2D eigenvalue weighted by atomic mass is 10.1. The number of H-pyrrole nitrogens is 2. The van der Waals surface area contributed by atoms with E-state index >= 15 is 0 Å². The fourth-order valence-corrected chi connectivity index (χ4v) is 3.71. The molecule has 0 amide bonds. The maximum Gasteiger partial charge on any atom is 0.273 e. The highest BCUT2D eigenvalue weighted by Crippen LogP contribution is 2.25. The summed E-state index contributed by atoms with van der Waals surface area (Å²) in [5.41, 5.74) is 5.00. The Morgan fingerprint density at radius 1 is 1.03 bits per heavy atom. The number of rotatable bonds is 4. The second kappa shape index (κ2) is 7.62. The number of aromatic amines is 2. The molecule has 5 rings (SSSR count).